The Morgan fingerprint density at radius 3 is 2.85 bits per heavy atom. The average Bonchev–Trinajstić information content (AvgIpc) is 3.10. The molecule has 2 aliphatic rings. The summed E-state index contributed by atoms with van der Waals surface area (Å²) in [6.45, 7) is 5.38. The first kappa shape index (κ1) is 18.1. The van der Waals surface area contributed by atoms with Gasteiger partial charge in [-0.15, -0.1) is 0 Å². The van der Waals surface area contributed by atoms with Crippen molar-refractivity contribution in [2.75, 3.05) is 39.8 Å². The minimum Gasteiger partial charge on any atom is -0.355 e. The maximum atomic E-state index is 12.8. The van der Waals surface area contributed by atoms with Gasteiger partial charge in [-0.2, -0.15) is 0 Å². The molecular weight excluding hydrogens is 336 g/mol. The second-order valence-corrected chi connectivity index (χ2v) is 7.81. The number of nitrogens with one attached hydrogen (secondary N) is 1. The summed E-state index contributed by atoms with van der Waals surface area (Å²) in [5, 5.41) is 3.19. The first-order valence-corrected chi connectivity index (χ1v) is 9.86. The summed E-state index contributed by atoms with van der Waals surface area (Å²) in [7, 11) is 2.09. The molecule has 0 spiro atoms. The highest BCUT2D eigenvalue weighted by Crippen LogP contribution is 2.31. The van der Waals surface area contributed by atoms with Crippen molar-refractivity contribution >= 4 is 5.91 Å². The van der Waals surface area contributed by atoms with Crippen molar-refractivity contribution in [1.29, 1.82) is 0 Å². The number of benzene rings is 1. The average molecular weight is 364 g/mol. The lowest BCUT2D eigenvalue weighted by atomic mass is 9.89. The van der Waals surface area contributed by atoms with Gasteiger partial charge in [-0.25, -0.2) is 0 Å². The predicted octanol–water partition coefficient (Wildman–Crippen LogP) is 1.90. The van der Waals surface area contributed by atoms with E-state index in [0.717, 1.165) is 44.7 Å². The van der Waals surface area contributed by atoms with Crippen LogP contribution >= 0.6 is 0 Å². The molecule has 2 aromatic rings. The number of nitrogens with zero attached hydrogens (tertiary/aromatic N) is 3. The number of hydrogen-bond donors (Lipinski definition) is 1. The van der Waals surface area contributed by atoms with Crippen LogP contribution in [0, 0.1) is 5.92 Å². The second kappa shape index (κ2) is 8.19. The van der Waals surface area contributed by atoms with Gasteiger partial charge in [0.15, 0.2) is 0 Å². The standard InChI is InChI=1S/C22H28N4O/c1-25-15-20(18-7-4-9-23-13-18)21(16-25)22(27)24-10-12-26-11-8-17-5-2-3-6-19(17)14-26/h2-7,9,13,20-21H,8,10-12,14-16H2,1H3,(H,24,27)/t20-,21+/m0/s1. The number of rotatable bonds is 5. The van der Waals surface area contributed by atoms with Crippen LogP contribution in [0.2, 0.25) is 0 Å². The molecule has 5 nitrogen and oxygen atoms in total. The Kier molecular flexibility index (Phi) is 5.50. The minimum atomic E-state index is 0.00119. The highest BCUT2D eigenvalue weighted by Gasteiger charge is 2.36. The molecule has 0 bridgehead atoms. The van der Waals surface area contributed by atoms with Crippen molar-refractivity contribution in [2.24, 2.45) is 5.92 Å². The zero-order chi connectivity index (χ0) is 18.6. The van der Waals surface area contributed by atoms with Gasteiger partial charge in [0.25, 0.3) is 0 Å². The van der Waals surface area contributed by atoms with Crippen LogP contribution in [-0.2, 0) is 17.8 Å². The Morgan fingerprint density at radius 1 is 1.19 bits per heavy atom. The van der Waals surface area contributed by atoms with Crippen LogP contribution in [0.4, 0.5) is 0 Å². The normalized spacial score (nSPS) is 23.1. The van der Waals surface area contributed by atoms with E-state index in [1.807, 2.05) is 12.3 Å². The molecule has 0 saturated carbocycles. The third-order valence-electron chi connectivity index (χ3n) is 5.89. The van der Waals surface area contributed by atoms with Gasteiger partial charge in [-0.1, -0.05) is 30.3 Å². The quantitative estimate of drug-likeness (QED) is 0.880. The summed E-state index contributed by atoms with van der Waals surface area (Å²) >= 11 is 0. The van der Waals surface area contributed by atoms with Crippen molar-refractivity contribution in [3.05, 3.63) is 65.5 Å². The third kappa shape index (κ3) is 4.20. The molecule has 0 radical (unpaired) electrons. The molecule has 1 aromatic carbocycles. The Bertz CT molecular complexity index is 779. The van der Waals surface area contributed by atoms with Gasteiger partial charge < -0.3 is 10.2 Å². The van der Waals surface area contributed by atoms with Crippen molar-refractivity contribution in [3.63, 3.8) is 0 Å². The number of likely N-dealkylation sites (tertiary alicyclic amines) is 1. The number of pyridine rings is 1. The summed E-state index contributed by atoms with van der Waals surface area (Å²) in [4.78, 5) is 21.7. The van der Waals surface area contributed by atoms with Gasteiger partial charge in [0.2, 0.25) is 5.91 Å². The molecule has 2 aliphatic heterocycles. The van der Waals surface area contributed by atoms with Crippen LogP contribution in [-0.4, -0.2) is 60.5 Å². The largest absolute Gasteiger partial charge is 0.355 e. The fraction of sp³-hybridized carbons (Fsp3) is 0.455. The fourth-order valence-electron chi connectivity index (χ4n) is 4.41. The molecule has 0 unspecified atom stereocenters. The van der Waals surface area contributed by atoms with E-state index in [0.29, 0.717) is 6.54 Å². The smallest absolute Gasteiger partial charge is 0.225 e. The van der Waals surface area contributed by atoms with Crippen molar-refractivity contribution in [1.82, 2.24) is 20.1 Å². The SMILES string of the molecule is CN1C[C@@H](C(=O)NCCN2CCc3ccccc3C2)[C@H](c2cccnc2)C1. The van der Waals surface area contributed by atoms with E-state index in [2.05, 4.69) is 57.5 Å². The Labute approximate surface area is 161 Å². The van der Waals surface area contributed by atoms with E-state index in [4.69, 9.17) is 0 Å². The van der Waals surface area contributed by atoms with Crippen LogP contribution in [0.3, 0.4) is 0 Å². The molecule has 142 valence electrons. The lowest BCUT2D eigenvalue weighted by Crippen LogP contribution is -2.41. The number of carbonyl (C=O) groups is 1. The number of hydrogen-bond acceptors (Lipinski definition) is 4. The fourth-order valence-corrected chi connectivity index (χ4v) is 4.41. The van der Waals surface area contributed by atoms with E-state index in [1.54, 1.807) is 6.20 Å². The van der Waals surface area contributed by atoms with E-state index in [1.165, 1.54) is 11.1 Å². The zero-order valence-electron chi connectivity index (χ0n) is 16.0. The van der Waals surface area contributed by atoms with Gasteiger partial charge >= 0.3 is 0 Å². The van der Waals surface area contributed by atoms with Crippen molar-refractivity contribution < 1.29 is 4.79 Å². The van der Waals surface area contributed by atoms with Crippen molar-refractivity contribution in [3.8, 4) is 0 Å². The summed E-state index contributed by atoms with van der Waals surface area (Å²) in [6.07, 6.45) is 4.78. The summed E-state index contributed by atoms with van der Waals surface area (Å²) < 4.78 is 0. The number of likely N-dealkylation sites (N-methyl/N-ethyl adjacent to an activating group) is 1. The van der Waals surface area contributed by atoms with Gasteiger partial charge in [0.05, 0.1) is 5.92 Å². The molecule has 27 heavy (non-hydrogen) atoms. The van der Waals surface area contributed by atoms with Crippen LogP contribution in [0.5, 0.6) is 0 Å². The van der Waals surface area contributed by atoms with Gasteiger partial charge in [-0.3, -0.25) is 14.7 Å². The number of amides is 1. The topological polar surface area (TPSA) is 48.5 Å². The van der Waals surface area contributed by atoms with Crippen LogP contribution in [0.25, 0.3) is 0 Å². The molecule has 0 aliphatic carbocycles. The summed E-state index contributed by atoms with van der Waals surface area (Å²) in [6, 6.07) is 12.7. The monoisotopic (exact) mass is 364 g/mol. The highest BCUT2D eigenvalue weighted by molar-refractivity contribution is 5.80. The number of carbonyl (C=O) groups excluding carboxylic acids is 1. The molecule has 5 heteroatoms. The van der Waals surface area contributed by atoms with Crippen LogP contribution in [0.1, 0.15) is 22.6 Å². The predicted molar refractivity (Wildman–Crippen MR) is 106 cm³/mol. The van der Waals surface area contributed by atoms with E-state index in [-0.39, 0.29) is 17.7 Å². The Hall–Kier alpha value is -2.24. The second-order valence-electron chi connectivity index (χ2n) is 7.81. The molecule has 1 N–H and O–H groups in total. The Morgan fingerprint density at radius 2 is 2.04 bits per heavy atom. The van der Waals surface area contributed by atoms with E-state index < -0.39 is 0 Å². The first-order valence-electron chi connectivity index (χ1n) is 9.86. The molecule has 3 heterocycles. The van der Waals surface area contributed by atoms with E-state index in [9.17, 15) is 4.79 Å². The molecule has 2 atom stereocenters. The lowest BCUT2D eigenvalue weighted by Gasteiger charge is -2.29. The lowest BCUT2D eigenvalue weighted by molar-refractivity contribution is -0.125. The molecule has 1 aromatic heterocycles. The van der Waals surface area contributed by atoms with Crippen molar-refractivity contribution in [2.45, 2.75) is 18.9 Å². The maximum absolute atomic E-state index is 12.8. The summed E-state index contributed by atoms with van der Waals surface area (Å²) in [5.41, 5.74) is 4.05. The molecule has 4 rings (SSSR count). The Balaban J connectivity index is 1.30. The maximum Gasteiger partial charge on any atom is 0.225 e. The third-order valence-corrected chi connectivity index (χ3v) is 5.89. The molecule has 1 fully saturated rings. The minimum absolute atomic E-state index is 0.00119. The molecular formula is C22H28N4O. The van der Waals surface area contributed by atoms with Crippen LogP contribution in [0.15, 0.2) is 48.8 Å². The first-order chi connectivity index (χ1) is 13.2. The number of fused-ring (bicyclic) bond motifs is 1. The van der Waals surface area contributed by atoms with Gasteiger partial charge in [0, 0.05) is 57.6 Å². The highest BCUT2D eigenvalue weighted by atomic mass is 16.2. The zero-order valence-corrected chi connectivity index (χ0v) is 16.0. The van der Waals surface area contributed by atoms with Gasteiger partial charge in [-0.05, 0) is 36.2 Å². The molecule has 1 saturated heterocycles. The van der Waals surface area contributed by atoms with Crippen LogP contribution < -0.4 is 5.32 Å². The van der Waals surface area contributed by atoms with E-state index >= 15 is 0 Å². The summed E-state index contributed by atoms with van der Waals surface area (Å²) in [5.74, 6) is 0.400. The molecule has 1 amide bonds. The number of aromatic nitrogens is 1. The van der Waals surface area contributed by atoms with Gasteiger partial charge in [0.1, 0.15) is 0 Å².